The lowest BCUT2D eigenvalue weighted by molar-refractivity contribution is -0.143. The van der Waals surface area contributed by atoms with Crippen molar-refractivity contribution in [1.82, 2.24) is 10.5 Å². The SMILES string of the molecule is CCO[C@@H](Cc1ccc(OCc2cc(CO)ccn2)cc1)C(=O)NOC.Cl. The first-order chi connectivity index (χ1) is 12.7. The van der Waals surface area contributed by atoms with E-state index in [1.165, 1.54) is 7.11 Å². The second kappa shape index (κ2) is 12.2. The van der Waals surface area contributed by atoms with Gasteiger partial charge < -0.3 is 14.6 Å². The van der Waals surface area contributed by atoms with E-state index in [0.717, 1.165) is 16.8 Å². The van der Waals surface area contributed by atoms with Crippen LogP contribution in [0.1, 0.15) is 23.7 Å². The zero-order valence-corrected chi connectivity index (χ0v) is 16.2. The highest BCUT2D eigenvalue weighted by molar-refractivity contribution is 5.85. The summed E-state index contributed by atoms with van der Waals surface area (Å²) in [6, 6.07) is 11.0. The highest BCUT2D eigenvalue weighted by atomic mass is 35.5. The molecule has 8 heteroatoms. The molecule has 2 rings (SSSR count). The predicted octanol–water partition coefficient (Wildman–Crippen LogP) is 2.20. The number of carbonyl (C=O) groups is 1. The van der Waals surface area contributed by atoms with Gasteiger partial charge in [-0.05, 0) is 42.3 Å². The lowest BCUT2D eigenvalue weighted by Gasteiger charge is -2.16. The summed E-state index contributed by atoms with van der Waals surface area (Å²) in [6.45, 7) is 2.56. The predicted molar refractivity (Wildman–Crippen MR) is 102 cm³/mol. The van der Waals surface area contributed by atoms with Crippen LogP contribution in [0.25, 0.3) is 0 Å². The summed E-state index contributed by atoms with van der Waals surface area (Å²) in [5.41, 5.74) is 4.78. The monoisotopic (exact) mass is 396 g/mol. The standard InChI is InChI=1S/C19H24N2O5.ClH/c1-3-25-18(19(23)21-24-2)11-14-4-6-17(7-5-14)26-13-16-10-15(12-22)8-9-20-16;/h4-10,18,22H,3,11-13H2,1-2H3,(H,21,23);1H/t18-;/m0./s1. The van der Waals surface area contributed by atoms with Crippen molar-refractivity contribution < 1.29 is 24.2 Å². The lowest BCUT2D eigenvalue weighted by Crippen LogP contribution is -2.37. The minimum absolute atomic E-state index is 0. The molecule has 1 aromatic carbocycles. The van der Waals surface area contributed by atoms with E-state index in [4.69, 9.17) is 14.6 Å². The van der Waals surface area contributed by atoms with Crippen LogP contribution in [0.2, 0.25) is 0 Å². The number of nitrogens with zero attached hydrogens (tertiary/aromatic N) is 1. The van der Waals surface area contributed by atoms with Gasteiger partial charge in [-0.15, -0.1) is 12.4 Å². The summed E-state index contributed by atoms with van der Waals surface area (Å²) >= 11 is 0. The van der Waals surface area contributed by atoms with E-state index >= 15 is 0 Å². The second-order valence-electron chi connectivity index (χ2n) is 5.56. The third kappa shape index (κ3) is 7.52. The van der Waals surface area contributed by atoms with E-state index in [1.807, 2.05) is 31.2 Å². The average Bonchev–Trinajstić information content (AvgIpc) is 2.67. The Morgan fingerprint density at radius 3 is 2.59 bits per heavy atom. The number of benzene rings is 1. The Labute approximate surface area is 165 Å². The molecule has 0 saturated heterocycles. The topological polar surface area (TPSA) is 89.9 Å². The number of ether oxygens (including phenoxy) is 2. The molecule has 0 unspecified atom stereocenters. The average molecular weight is 397 g/mol. The molecule has 1 amide bonds. The molecule has 0 aliphatic heterocycles. The Bertz CT molecular complexity index is 697. The maximum Gasteiger partial charge on any atom is 0.272 e. The van der Waals surface area contributed by atoms with Gasteiger partial charge in [0.2, 0.25) is 0 Å². The Kier molecular flexibility index (Phi) is 10.4. The van der Waals surface area contributed by atoms with Gasteiger partial charge in [-0.1, -0.05) is 12.1 Å². The minimum atomic E-state index is -0.614. The molecule has 0 fully saturated rings. The van der Waals surface area contributed by atoms with E-state index in [1.54, 1.807) is 18.3 Å². The molecule has 0 radical (unpaired) electrons. The van der Waals surface area contributed by atoms with Crippen molar-refractivity contribution in [3.8, 4) is 5.75 Å². The Morgan fingerprint density at radius 2 is 1.96 bits per heavy atom. The van der Waals surface area contributed by atoms with Gasteiger partial charge in [-0.3, -0.25) is 14.6 Å². The van der Waals surface area contributed by atoms with Crippen molar-refractivity contribution in [2.45, 2.75) is 32.7 Å². The fraction of sp³-hybridized carbons (Fsp3) is 0.368. The van der Waals surface area contributed by atoms with E-state index in [0.29, 0.717) is 25.4 Å². The summed E-state index contributed by atoms with van der Waals surface area (Å²) in [6.07, 6.45) is 1.47. The van der Waals surface area contributed by atoms with Crippen molar-refractivity contribution in [2.75, 3.05) is 13.7 Å². The van der Waals surface area contributed by atoms with E-state index in [9.17, 15) is 4.79 Å². The van der Waals surface area contributed by atoms with Crippen LogP contribution in [-0.4, -0.2) is 35.8 Å². The molecule has 2 aromatic rings. The second-order valence-corrected chi connectivity index (χ2v) is 5.56. The highest BCUT2D eigenvalue weighted by Crippen LogP contribution is 2.16. The number of aliphatic hydroxyl groups is 1. The molecule has 27 heavy (non-hydrogen) atoms. The number of rotatable bonds is 10. The molecule has 1 atom stereocenters. The summed E-state index contributed by atoms with van der Waals surface area (Å²) in [5.74, 6) is 0.378. The maximum atomic E-state index is 11.9. The van der Waals surface area contributed by atoms with Crippen molar-refractivity contribution in [3.05, 3.63) is 59.4 Å². The number of aliphatic hydroxyl groups excluding tert-OH is 1. The van der Waals surface area contributed by atoms with Crippen molar-refractivity contribution in [1.29, 1.82) is 0 Å². The van der Waals surface area contributed by atoms with Crippen LogP contribution in [0, 0.1) is 0 Å². The summed E-state index contributed by atoms with van der Waals surface area (Å²) in [5, 5.41) is 9.15. The third-order valence-electron chi connectivity index (χ3n) is 3.66. The van der Waals surface area contributed by atoms with Crippen molar-refractivity contribution >= 4 is 18.3 Å². The van der Waals surface area contributed by atoms with Gasteiger partial charge in [0.1, 0.15) is 18.5 Å². The third-order valence-corrected chi connectivity index (χ3v) is 3.66. The molecule has 148 valence electrons. The number of halogens is 1. The number of carbonyl (C=O) groups excluding carboxylic acids is 1. The highest BCUT2D eigenvalue weighted by Gasteiger charge is 2.19. The number of pyridine rings is 1. The molecule has 0 aliphatic carbocycles. The van der Waals surface area contributed by atoms with Crippen LogP contribution in [0.4, 0.5) is 0 Å². The van der Waals surface area contributed by atoms with Crippen LogP contribution >= 0.6 is 12.4 Å². The van der Waals surface area contributed by atoms with Gasteiger partial charge in [-0.25, -0.2) is 5.48 Å². The Balaban J connectivity index is 0.00000364. The number of hydrogen-bond donors (Lipinski definition) is 2. The van der Waals surface area contributed by atoms with Gasteiger partial charge >= 0.3 is 0 Å². The Morgan fingerprint density at radius 1 is 1.22 bits per heavy atom. The molecule has 7 nitrogen and oxygen atoms in total. The molecule has 0 saturated carbocycles. The van der Waals surface area contributed by atoms with Gasteiger partial charge in [0.05, 0.1) is 19.4 Å². The largest absolute Gasteiger partial charge is 0.487 e. The molecule has 1 aromatic heterocycles. The number of amides is 1. The van der Waals surface area contributed by atoms with Gasteiger partial charge in [0, 0.05) is 19.2 Å². The molecule has 0 aliphatic rings. The fourth-order valence-corrected chi connectivity index (χ4v) is 2.39. The molecular weight excluding hydrogens is 372 g/mol. The zero-order valence-electron chi connectivity index (χ0n) is 15.4. The van der Waals surface area contributed by atoms with Gasteiger partial charge in [0.15, 0.2) is 0 Å². The van der Waals surface area contributed by atoms with E-state index < -0.39 is 6.10 Å². The summed E-state index contributed by atoms with van der Waals surface area (Å²) < 4.78 is 11.2. The fourth-order valence-electron chi connectivity index (χ4n) is 2.39. The van der Waals surface area contributed by atoms with E-state index in [-0.39, 0.29) is 24.9 Å². The van der Waals surface area contributed by atoms with Gasteiger partial charge in [0.25, 0.3) is 5.91 Å². The van der Waals surface area contributed by atoms with Crippen LogP contribution < -0.4 is 10.2 Å². The molecule has 0 spiro atoms. The number of aromatic nitrogens is 1. The number of hydrogen-bond acceptors (Lipinski definition) is 6. The Hall–Kier alpha value is -2.19. The van der Waals surface area contributed by atoms with E-state index in [2.05, 4.69) is 15.3 Å². The first kappa shape index (κ1) is 22.9. The molecule has 0 bridgehead atoms. The number of hydroxylamine groups is 1. The van der Waals surface area contributed by atoms with Crippen LogP contribution in [0.5, 0.6) is 5.75 Å². The lowest BCUT2D eigenvalue weighted by atomic mass is 10.1. The quantitative estimate of drug-likeness (QED) is 0.598. The maximum absolute atomic E-state index is 11.9. The van der Waals surface area contributed by atoms with Gasteiger partial charge in [-0.2, -0.15) is 0 Å². The first-order valence-electron chi connectivity index (χ1n) is 8.37. The molecule has 2 N–H and O–H groups in total. The normalized spacial score (nSPS) is 11.4. The summed E-state index contributed by atoms with van der Waals surface area (Å²) in [7, 11) is 1.39. The molecular formula is C19H25ClN2O5. The zero-order chi connectivity index (χ0) is 18.8. The van der Waals surface area contributed by atoms with Crippen molar-refractivity contribution in [3.63, 3.8) is 0 Å². The smallest absolute Gasteiger partial charge is 0.272 e. The number of nitrogens with one attached hydrogen (secondary N) is 1. The van der Waals surface area contributed by atoms with Crippen LogP contribution in [0.3, 0.4) is 0 Å². The molecule has 1 heterocycles. The minimum Gasteiger partial charge on any atom is -0.487 e. The van der Waals surface area contributed by atoms with Crippen LogP contribution in [0.15, 0.2) is 42.6 Å². The summed E-state index contributed by atoms with van der Waals surface area (Å²) in [4.78, 5) is 20.8. The van der Waals surface area contributed by atoms with Crippen LogP contribution in [-0.2, 0) is 34.0 Å². The first-order valence-corrected chi connectivity index (χ1v) is 8.37. The van der Waals surface area contributed by atoms with Crippen molar-refractivity contribution in [2.24, 2.45) is 0 Å².